The first-order valence-corrected chi connectivity index (χ1v) is 5.86. The standard InChI is InChI=1S/C13H16FNO/c14-11-3-1-10(2-4-11)13(8-16-9-13)7-15-12-5-6-12/h1-4,12,15H,5-9H2. The number of halogens is 1. The van der Waals surface area contributed by atoms with Crippen molar-refractivity contribution in [2.75, 3.05) is 19.8 Å². The van der Waals surface area contributed by atoms with Crippen LogP contribution >= 0.6 is 0 Å². The smallest absolute Gasteiger partial charge is 0.123 e. The molecule has 1 N–H and O–H groups in total. The summed E-state index contributed by atoms with van der Waals surface area (Å²) < 4.78 is 18.2. The van der Waals surface area contributed by atoms with Gasteiger partial charge in [-0.1, -0.05) is 12.1 Å². The Labute approximate surface area is 94.8 Å². The van der Waals surface area contributed by atoms with Crippen molar-refractivity contribution in [3.8, 4) is 0 Å². The van der Waals surface area contributed by atoms with Crippen molar-refractivity contribution >= 4 is 0 Å². The van der Waals surface area contributed by atoms with Crippen molar-refractivity contribution in [2.45, 2.75) is 24.3 Å². The Bertz CT molecular complexity index is 368. The third-order valence-corrected chi connectivity index (χ3v) is 3.52. The van der Waals surface area contributed by atoms with Crippen molar-refractivity contribution in [3.63, 3.8) is 0 Å². The zero-order valence-corrected chi connectivity index (χ0v) is 9.21. The zero-order valence-electron chi connectivity index (χ0n) is 9.21. The quantitative estimate of drug-likeness (QED) is 0.837. The van der Waals surface area contributed by atoms with Gasteiger partial charge in [-0.15, -0.1) is 0 Å². The molecule has 0 radical (unpaired) electrons. The first-order chi connectivity index (χ1) is 7.78. The molecule has 0 aromatic heterocycles. The minimum Gasteiger partial charge on any atom is -0.379 e. The van der Waals surface area contributed by atoms with Crippen molar-refractivity contribution in [2.24, 2.45) is 0 Å². The minimum atomic E-state index is -0.172. The molecular weight excluding hydrogens is 205 g/mol. The van der Waals surface area contributed by atoms with Gasteiger partial charge in [-0.2, -0.15) is 0 Å². The molecule has 1 heterocycles. The van der Waals surface area contributed by atoms with Gasteiger partial charge in [-0.25, -0.2) is 4.39 Å². The summed E-state index contributed by atoms with van der Waals surface area (Å²) in [7, 11) is 0. The third kappa shape index (κ3) is 1.85. The normalized spacial score (nSPS) is 22.8. The van der Waals surface area contributed by atoms with Crippen LogP contribution in [0, 0.1) is 5.82 Å². The summed E-state index contributed by atoms with van der Waals surface area (Å²) in [4.78, 5) is 0. The van der Waals surface area contributed by atoms with E-state index >= 15 is 0 Å². The van der Waals surface area contributed by atoms with E-state index in [1.165, 1.54) is 30.5 Å². The molecule has 1 aliphatic carbocycles. The van der Waals surface area contributed by atoms with E-state index < -0.39 is 0 Å². The van der Waals surface area contributed by atoms with Gasteiger partial charge >= 0.3 is 0 Å². The second-order valence-electron chi connectivity index (χ2n) is 4.94. The fourth-order valence-electron chi connectivity index (χ4n) is 2.15. The molecule has 0 atom stereocenters. The van der Waals surface area contributed by atoms with Crippen LogP contribution in [0.3, 0.4) is 0 Å². The molecule has 0 bridgehead atoms. The number of hydrogen-bond acceptors (Lipinski definition) is 2. The molecule has 3 rings (SSSR count). The van der Waals surface area contributed by atoms with Gasteiger partial charge in [-0.05, 0) is 30.5 Å². The van der Waals surface area contributed by atoms with Crippen LogP contribution in [0.25, 0.3) is 0 Å². The van der Waals surface area contributed by atoms with Gasteiger partial charge in [0.25, 0.3) is 0 Å². The predicted molar refractivity (Wildman–Crippen MR) is 59.9 cm³/mol. The lowest BCUT2D eigenvalue weighted by molar-refractivity contribution is -0.0592. The van der Waals surface area contributed by atoms with Gasteiger partial charge in [-0.3, -0.25) is 0 Å². The van der Waals surface area contributed by atoms with Crippen LogP contribution in [0.5, 0.6) is 0 Å². The SMILES string of the molecule is Fc1ccc(C2(CNC3CC3)COC2)cc1. The molecule has 0 unspecified atom stereocenters. The number of benzene rings is 1. The highest BCUT2D eigenvalue weighted by molar-refractivity contribution is 5.29. The molecular formula is C13H16FNO. The van der Waals surface area contributed by atoms with Crippen molar-refractivity contribution < 1.29 is 9.13 Å². The highest BCUT2D eigenvalue weighted by Crippen LogP contribution is 2.33. The Morgan fingerprint density at radius 1 is 1.25 bits per heavy atom. The summed E-state index contributed by atoms with van der Waals surface area (Å²) in [6.45, 7) is 2.44. The number of nitrogens with one attached hydrogen (secondary N) is 1. The molecule has 2 nitrogen and oxygen atoms in total. The first kappa shape index (κ1) is 10.2. The van der Waals surface area contributed by atoms with Gasteiger partial charge in [0.05, 0.1) is 18.6 Å². The van der Waals surface area contributed by atoms with Crippen LogP contribution in [0.2, 0.25) is 0 Å². The average Bonchev–Trinajstić information content (AvgIpc) is 3.03. The van der Waals surface area contributed by atoms with Gasteiger partial charge in [0.1, 0.15) is 5.82 Å². The number of hydrogen-bond donors (Lipinski definition) is 1. The molecule has 1 saturated heterocycles. The second-order valence-corrected chi connectivity index (χ2v) is 4.94. The van der Waals surface area contributed by atoms with Crippen LogP contribution in [-0.2, 0) is 10.2 Å². The molecule has 1 aromatic rings. The highest BCUT2D eigenvalue weighted by atomic mass is 19.1. The maximum Gasteiger partial charge on any atom is 0.123 e. The summed E-state index contributed by atoms with van der Waals surface area (Å²) in [6.07, 6.45) is 2.58. The molecule has 0 amide bonds. The topological polar surface area (TPSA) is 21.3 Å². The molecule has 3 heteroatoms. The monoisotopic (exact) mass is 221 g/mol. The van der Waals surface area contributed by atoms with Gasteiger partial charge < -0.3 is 10.1 Å². The fraction of sp³-hybridized carbons (Fsp3) is 0.538. The Balaban J connectivity index is 1.74. The van der Waals surface area contributed by atoms with E-state index in [1.54, 1.807) is 0 Å². The molecule has 86 valence electrons. The van der Waals surface area contributed by atoms with Gasteiger partial charge in [0.15, 0.2) is 0 Å². The summed E-state index contributed by atoms with van der Waals surface area (Å²) in [6, 6.07) is 7.54. The molecule has 16 heavy (non-hydrogen) atoms. The average molecular weight is 221 g/mol. The zero-order chi connectivity index (χ0) is 11.0. The van der Waals surface area contributed by atoms with Crippen LogP contribution < -0.4 is 5.32 Å². The van der Waals surface area contributed by atoms with E-state index in [1.807, 2.05) is 12.1 Å². The van der Waals surface area contributed by atoms with E-state index in [4.69, 9.17) is 4.74 Å². The number of ether oxygens (including phenoxy) is 1. The summed E-state index contributed by atoms with van der Waals surface area (Å²) in [5, 5.41) is 3.54. The van der Waals surface area contributed by atoms with Crippen LogP contribution in [0.4, 0.5) is 4.39 Å². The second kappa shape index (κ2) is 3.82. The van der Waals surface area contributed by atoms with E-state index in [9.17, 15) is 4.39 Å². The summed E-state index contributed by atoms with van der Waals surface area (Å²) >= 11 is 0. The van der Waals surface area contributed by atoms with Crippen LogP contribution in [0.1, 0.15) is 18.4 Å². The van der Waals surface area contributed by atoms with E-state index in [2.05, 4.69) is 5.32 Å². The summed E-state index contributed by atoms with van der Waals surface area (Å²) in [5.74, 6) is -0.172. The maximum absolute atomic E-state index is 12.9. The Morgan fingerprint density at radius 2 is 1.94 bits per heavy atom. The predicted octanol–water partition coefficient (Wildman–Crippen LogP) is 1.85. The van der Waals surface area contributed by atoms with E-state index in [0.717, 1.165) is 19.8 Å². The van der Waals surface area contributed by atoms with E-state index in [-0.39, 0.29) is 11.2 Å². The lowest BCUT2D eigenvalue weighted by atomic mass is 9.78. The Hall–Kier alpha value is -0.930. The van der Waals surface area contributed by atoms with Crippen LogP contribution in [0.15, 0.2) is 24.3 Å². The Kier molecular flexibility index (Phi) is 2.45. The first-order valence-electron chi connectivity index (χ1n) is 5.86. The maximum atomic E-state index is 12.9. The lowest BCUT2D eigenvalue weighted by Crippen LogP contribution is -2.53. The van der Waals surface area contributed by atoms with Crippen molar-refractivity contribution in [1.29, 1.82) is 0 Å². The molecule has 0 spiro atoms. The molecule has 2 fully saturated rings. The lowest BCUT2D eigenvalue weighted by Gasteiger charge is -2.42. The number of rotatable bonds is 4. The molecule has 2 aliphatic rings. The highest BCUT2D eigenvalue weighted by Gasteiger charge is 2.41. The van der Waals surface area contributed by atoms with Gasteiger partial charge in [0, 0.05) is 12.6 Å². The van der Waals surface area contributed by atoms with Crippen LogP contribution in [-0.4, -0.2) is 25.8 Å². The Morgan fingerprint density at radius 3 is 2.44 bits per heavy atom. The fourth-order valence-corrected chi connectivity index (χ4v) is 2.15. The molecule has 1 aliphatic heterocycles. The van der Waals surface area contributed by atoms with Crippen molar-refractivity contribution in [3.05, 3.63) is 35.6 Å². The molecule has 1 saturated carbocycles. The van der Waals surface area contributed by atoms with E-state index in [0.29, 0.717) is 6.04 Å². The largest absolute Gasteiger partial charge is 0.379 e. The molecule has 1 aromatic carbocycles. The van der Waals surface area contributed by atoms with Gasteiger partial charge in [0.2, 0.25) is 0 Å². The van der Waals surface area contributed by atoms with Crippen molar-refractivity contribution in [1.82, 2.24) is 5.32 Å². The third-order valence-electron chi connectivity index (χ3n) is 3.52. The minimum absolute atomic E-state index is 0.0797. The summed E-state index contributed by atoms with van der Waals surface area (Å²) in [5.41, 5.74) is 1.27.